The molecule has 0 spiro atoms. The normalized spacial score (nSPS) is 16.2. The average Bonchev–Trinajstić information content (AvgIpc) is 2.38. The second kappa shape index (κ2) is 6.26. The van der Waals surface area contributed by atoms with Gasteiger partial charge in [0.25, 0.3) is 5.91 Å². The van der Waals surface area contributed by atoms with Crippen LogP contribution < -0.4 is 16.4 Å². The predicted octanol–water partition coefficient (Wildman–Crippen LogP) is 1.89. The Morgan fingerprint density at radius 1 is 1.24 bits per heavy atom. The van der Waals surface area contributed by atoms with Gasteiger partial charge in [-0.3, -0.25) is 9.59 Å². The first-order chi connectivity index (χ1) is 9.97. The Labute approximate surface area is 125 Å². The highest BCUT2D eigenvalue weighted by Gasteiger charge is 2.42. The maximum Gasteiger partial charge on any atom is 0.251 e. The molecule has 0 unspecified atom stereocenters. The van der Waals surface area contributed by atoms with Crippen LogP contribution in [0, 0.1) is 5.41 Å². The molecule has 114 valence electrons. The molecule has 1 aromatic rings. The summed E-state index contributed by atoms with van der Waals surface area (Å²) in [5, 5.41) is 5.72. The van der Waals surface area contributed by atoms with Crippen molar-refractivity contribution < 1.29 is 9.59 Å². The molecule has 5 heteroatoms. The van der Waals surface area contributed by atoms with Gasteiger partial charge in [-0.2, -0.15) is 0 Å². The third-order valence-electron chi connectivity index (χ3n) is 4.01. The third kappa shape index (κ3) is 3.42. The smallest absolute Gasteiger partial charge is 0.251 e. The highest BCUT2D eigenvalue weighted by Crippen LogP contribution is 2.40. The zero-order valence-electron chi connectivity index (χ0n) is 12.6. The van der Waals surface area contributed by atoms with Crippen molar-refractivity contribution in [2.75, 3.05) is 11.9 Å². The highest BCUT2D eigenvalue weighted by atomic mass is 16.2. The molecule has 0 heterocycles. The van der Waals surface area contributed by atoms with Crippen molar-refractivity contribution in [3.8, 4) is 0 Å². The molecule has 5 nitrogen and oxygen atoms in total. The van der Waals surface area contributed by atoms with Gasteiger partial charge in [-0.1, -0.05) is 6.42 Å². The van der Waals surface area contributed by atoms with Gasteiger partial charge in [0.05, 0.1) is 5.41 Å². The molecule has 1 fully saturated rings. The van der Waals surface area contributed by atoms with Gasteiger partial charge in [0, 0.05) is 23.8 Å². The summed E-state index contributed by atoms with van der Waals surface area (Å²) < 4.78 is 0. The lowest BCUT2D eigenvalue weighted by Crippen LogP contribution is -2.47. The lowest BCUT2D eigenvalue weighted by atomic mass is 9.68. The van der Waals surface area contributed by atoms with Gasteiger partial charge in [0.15, 0.2) is 0 Å². The van der Waals surface area contributed by atoms with Crippen LogP contribution in [0.4, 0.5) is 5.69 Å². The van der Waals surface area contributed by atoms with E-state index in [1.165, 1.54) is 0 Å². The number of carbonyl (C=O) groups is 2. The minimum atomic E-state index is -0.395. The number of carbonyl (C=O) groups excluding carboxylic acids is 2. The molecule has 1 saturated carbocycles. The van der Waals surface area contributed by atoms with Crippen molar-refractivity contribution in [1.29, 1.82) is 0 Å². The quantitative estimate of drug-likeness (QED) is 0.774. The van der Waals surface area contributed by atoms with E-state index in [1.54, 1.807) is 24.3 Å². The van der Waals surface area contributed by atoms with Crippen LogP contribution in [0.15, 0.2) is 24.3 Å². The fraction of sp³-hybridized carbons (Fsp3) is 0.500. The number of benzene rings is 1. The molecule has 2 amide bonds. The maximum atomic E-state index is 12.2. The minimum Gasteiger partial charge on any atom is -0.350 e. The van der Waals surface area contributed by atoms with Crippen molar-refractivity contribution in [3.05, 3.63) is 29.8 Å². The van der Waals surface area contributed by atoms with Crippen molar-refractivity contribution in [3.63, 3.8) is 0 Å². The summed E-state index contributed by atoms with van der Waals surface area (Å²) >= 11 is 0. The van der Waals surface area contributed by atoms with Gasteiger partial charge >= 0.3 is 0 Å². The predicted molar refractivity (Wildman–Crippen MR) is 83.0 cm³/mol. The first-order valence-electron chi connectivity index (χ1n) is 7.39. The van der Waals surface area contributed by atoms with Crippen LogP contribution in [0.25, 0.3) is 0 Å². The molecular weight excluding hydrogens is 266 g/mol. The number of hydrogen-bond acceptors (Lipinski definition) is 3. The van der Waals surface area contributed by atoms with Gasteiger partial charge in [-0.05, 0) is 51.0 Å². The van der Waals surface area contributed by atoms with Crippen molar-refractivity contribution in [2.24, 2.45) is 11.1 Å². The standard InChI is InChI=1S/C16H23N3O2/c1-11(2)18-14(20)12-4-6-13(7-5-12)19-15(21)16(10-17)8-3-9-16/h4-7,11H,3,8-10,17H2,1-2H3,(H,18,20)(H,19,21). The van der Waals surface area contributed by atoms with Crippen molar-refractivity contribution in [1.82, 2.24) is 5.32 Å². The SMILES string of the molecule is CC(C)NC(=O)c1ccc(NC(=O)C2(CN)CCC2)cc1. The second-order valence-corrected chi connectivity index (χ2v) is 6.00. The average molecular weight is 289 g/mol. The first kappa shape index (κ1) is 15.5. The molecule has 0 aliphatic heterocycles. The fourth-order valence-corrected chi connectivity index (χ4v) is 2.44. The maximum absolute atomic E-state index is 12.2. The molecule has 0 aromatic heterocycles. The van der Waals surface area contributed by atoms with E-state index in [0.29, 0.717) is 17.8 Å². The monoisotopic (exact) mass is 289 g/mol. The second-order valence-electron chi connectivity index (χ2n) is 6.00. The Balaban J connectivity index is 1.99. The molecule has 1 aliphatic carbocycles. The zero-order chi connectivity index (χ0) is 15.5. The molecule has 4 N–H and O–H groups in total. The summed E-state index contributed by atoms with van der Waals surface area (Å²) in [6.07, 6.45) is 2.76. The topological polar surface area (TPSA) is 84.2 Å². The van der Waals surface area contributed by atoms with Gasteiger partial charge < -0.3 is 16.4 Å². The van der Waals surface area contributed by atoms with E-state index < -0.39 is 5.41 Å². The van der Waals surface area contributed by atoms with Crippen molar-refractivity contribution in [2.45, 2.75) is 39.2 Å². The molecule has 0 atom stereocenters. The highest BCUT2D eigenvalue weighted by molar-refractivity contribution is 5.98. The molecular formula is C16H23N3O2. The van der Waals surface area contributed by atoms with E-state index >= 15 is 0 Å². The Morgan fingerprint density at radius 2 is 1.86 bits per heavy atom. The number of hydrogen-bond donors (Lipinski definition) is 3. The van der Waals surface area contributed by atoms with Crippen LogP contribution in [0.1, 0.15) is 43.5 Å². The third-order valence-corrected chi connectivity index (χ3v) is 4.01. The summed E-state index contributed by atoms with van der Waals surface area (Å²) in [7, 11) is 0. The van der Waals surface area contributed by atoms with E-state index in [0.717, 1.165) is 19.3 Å². The largest absolute Gasteiger partial charge is 0.350 e. The lowest BCUT2D eigenvalue weighted by molar-refractivity contribution is -0.129. The molecule has 21 heavy (non-hydrogen) atoms. The Bertz CT molecular complexity index is 513. The van der Waals surface area contributed by atoms with Crippen LogP contribution in [-0.4, -0.2) is 24.4 Å². The van der Waals surface area contributed by atoms with Gasteiger partial charge in [0.1, 0.15) is 0 Å². The van der Waals surface area contributed by atoms with Crippen LogP contribution in [0.2, 0.25) is 0 Å². The van der Waals surface area contributed by atoms with Crippen LogP contribution in [0.3, 0.4) is 0 Å². The molecule has 0 saturated heterocycles. The number of amides is 2. The van der Waals surface area contributed by atoms with Crippen LogP contribution >= 0.6 is 0 Å². The Morgan fingerprint density at radius 3 is 2.29 bits per heavy atom. The molecule has 0 radical (unpaired) electrons. The van der Waals surface area contributed by atoms with E-state index in [9.17, 15) is 9.59 Å². The molecule has 1 aromatic carbocycles. The molecule has 0 bridgehead atoms. The van der Waals surface area contributed by atoms with Crippen LogP contribution in [0.5, 0.6) is 0 Å². The van der Waals surface area contributed by atoms with Gasteiger partial charge in [-0.15, -0.1) is 0 Å². The van der Waals surface area contributed by atoms with E-state index in [1.807, 2.05) is 13.8 Å². The Kier molecular flexibility index (Phi) is 4.63. The van der Waals surface area contributed by atoms with Crippen molar-refractivity contribution >= 4 is 17.5 Å². The fourth-order valence-electron chi connectivity index (χ4n) is 2.44. The number of rotatable bonds is 5. The number of anilines is 1. The van der Waals surface area contributed by atoms with Crippen LogP contribution in [-0.2, 0) is 4.79 Å². The molecule has 2 rings (SSSR count). The summed E-state index contributed by atoms with van der Waals surface area (Å²) in [6.45, 7) is 4.21. The summed E-state index contributed by atoms with van der Waals surface area (Å²) in [5.74, 6) is -0.129. The van der Waals surface area contributed by atoms with E-state index in [4.69, 9.17) is 5.73 Å². The summed E-state index contributed by atoms with van der Waals surface area (Å²) in [4.78, 5) is 24.1. The Hall–Kier alpha value is -1.88. The lowest BCUT2D eigenvalue weighted by Gasteiger charge is -2.39. The van der Waals surface area contributed by atoms with E-state index in [2.05, 4.69) is 10.6 Å². The van der Waals surface area contributed by atoms with E-state index in [-0.39, 0.29) is 17.9 Å². The number of nitrogens with one attached hydrogen (secondary N) is 2. The van der Waals surface area contributed by atoms with Gasteiger partial charge in [-0.25, -0.2) is 0 Å². The summed E-state index contributed by atoms with van der Waals surface area (Å²) in [6, 6.07) is 7.01. The zero-order valence-corrected chi connectivity index (χ0v) is 12.6. The minimum absolute atomic E-state index is 0.0179. The summed E-state index contributed by atoms with van der Waals surface area (Å²) in [5.41, 5.74) is 6.60. The first-order valence-corrected chi connectivity index (χ1v) is 7.39. The number of nitrogens with two attached hydrogens (primary N) is 1. The van der Waals surface area contributed by atoms with Gasteiger partial charge in [0.2, 0.25) is 5.91 Å². The molecule has 1 aliphatic rings.